The van der Waals surface area contributed by atoms with Gasteiger partial charge in [0, 0.05) is 50.5 Å². The molecule has 0 unspecified atom stereocenters. The van der Waals surface area contributed by atoms with Crippen LogP contribution in [0.1, 0.15) is 47.2 Å². The van der Waals surface area contributed by atoms with Crippen molar-refractivity contribution < 1.29 is 14.3 Å². The minimum absolute atomic E-state index is 0.241. The van der Waals surface area contributed by atoms with Crippen molar-refractivity contribution in [2.45, 2.75) is 59.2 Å². The maximum Gasteiger partial charge on any atom is 0.407 e. The van der Waals surface area contributed by atoms with Gasteiger partial charge in [-0.1, -0.05) is 29.3 Å². The molecule has 0 spiro atoms. The summed E-state index contributed by atoms with van der Waals surface area (Å²) < 4.78 is 5.31. The number of aromatic nitrogens is 4. The second-order valence-electron chi connectivity index (χ2n) is 12.5. The van der Waals surface area contributed by atoms with Crippen molar-refractivity contribution in [2.75, 3.05) is 10.6 Å². The maximum atomic E-state index is 12.9. The first-order valence-corrected chi connectivity index (χ1v) is 15.0. The van der Waals surface area contributed by atoms with Crippen LogP contribution >= 0.6 is 23.2 Å². The van der Waals surface area contributed by atoms with Crippen molar-refractivity contribution in [2.24, 2.45) is 0 Å². The zero-order valence-electron chi connectivity index (χ0n) is 25.7. The van der Waals surface area contributed by atoms with E-state index in [1.54, 1.807) is 30.5 Å². The first kappa shape index (κ1) is 31.8. The number of anilines is 3. The number of hydrogen-bond acceptors (Lipinski definition) is 7. The van der Waals surface area contributed by atoms with E-state index in [1.165, 1.54) is 0 Å². The van der Waals surface area contributed by atoms with Gasteiger partial charge >= 0.3 is 12.1 Å². The van der Waals surface area contributed by atoms with E-state index in [0.29, 0.717) is 38.2 Å². The molecule has 5 rings (SSSR count). The number of benzene rings is 2. The number of aromatic amines is 1. The molecule has 13 heteroatoms. The normalized spacial score (nSPS) is 11.8. The van der Waals surface area contributed by atoms with Crippen LogP contribution in [0.5, 0.6) is 0 Å². The molecule has 0 aliphatic rings. The van der Waals surface area contributed by atoms with Crippen molar-refractivity contribution in [3.8, 4) is 11.1 Å². The number of rotatable bonds is 6. The molecule has 5 N–H and O–H groups in total. The predicted molar refractivity (Wildman–Crippen MR) is 179 cm³/mol. The third-order valence-corrected chi connectivity index (χ3v) is 6.91. The number of pyridine rings is 1. The van der Waals surface area contributed by atoms with E-state index >= 15 is 0 Å². The quantitative estimate of drug-likeness (QED) is 0.125. The molecule has 3 amide bonds. The van der Waals surface area contributed by atoms with Crippen LogP contribution in [0.3, 0.4) is 0 Å². The highest BCUT2D eigenvalue weighted by Gasteiger charge is 2.21. The van der Waals surface area contributed by atoms with Crippen LogP contribution in [-0.4, -0.2) is 43.2 Å². The van der Waals surface area contributed by atoms with E-state index in [1.807, 2.05) is 65.8 Å². The molecule has 2 aromatic carbocycles. The van der Waals surface area contributed by atoms with Crippen LogP contribution in [-0.2, 0) is 11.3 Å². The highest BCUT2D eigenvalue weighted by Crippen LogP contribution is 2.39. The van der Waals surface area contributed by atoms with Gasteiger partial charge in [-0.15, -0.1) is 0 Å². The van der Waals surface area contributed by atoms with Crippen LogP contribution < -0.4 is 21.3 Å². The minimum atomic E-state index is -0.573. The highest BCUT2D eigenvalue weighted by molar-refractivity contribution is 6.39. The van der Waals surface area contributed by atoms with E-state index in [2.05, 4.69) is 41.2 Å². The zero-order valence-corrected chi connectivity index (χ0v) is 27.2. The molecule has 0 bridgehead atoms. The van der Waals surface area contributed by atoms with Crippen LogP contribution in [0.4, 0.5) is 27.0 Å². The second-order valence-corrected chi connectivity index (χ2v) is 13.3. The Balaban J connectivity index is 1.42. The number of urea groups is 1. The van der Waals surface area contributed by atoms with E-state index in [-0.39, 0.29) is 12.4 Å². The zero-order chi connectivity index (χ0) is 32.5. The number of alkyl carbamates (subject to hydrolysis) is 1. The fourth-order valence-corrected chi connectivity index (χ4v) is 5.12. The number of ether oxygens (including phenoxy) is 1. The summed E-state index contributed by atoms with van der Waals surface area (Å²) in [5.74, 6) is 0.551. The molecule has 3 aromatic heterocycles. The number of H-pyrrole nitrogens is 1. The number of halogens is 2. The molecular weight excluding hydrogens is 615 g/mol. The number of nitrogens with zero attached hydrogens (tertiary/aromatic N) is 3. The molecule has 3 heterocycles. The summed E-state index contributed by atoms with van der Waals surface area (Å²) in [5, 5.41) is 14.1. The molecule has 0 saturated heterocycles. The molecule has 0 aliphatic carbocycles. The van der Waals surface area contributed by atoms with Crippen molar-refractivity contribution in [3.63, 3.8) is 0 Å². The lowest BCUT2D eigenvalue weighted by Gasteiger charge is -2.21. The molecule has 0 aliphatic heterocycles. The molecule has 0 fully saturated rings. The average molecular weight is 650 g/mol. The van der Waals surface area contributed by atoms with Gasteiger partial charge in [0.15, 0.2) is 5.65 Å². The summed E-state index contributed by atoms with van der Waals surface area (Å²) in [4.78, 5) is 42.0. The van der Waals surface area contributed by atoms with Crippen LogP contribution in [0.2, 0.25) is 10.0 Å². The van der Waals surface area contributed by atoms with E-state index < -0.39 is 23.3 Å². The molecule has 0 radical (unpaired) electrons. The summed E-state index contributed by atoms with van der Waals surface area (Å²) in [7, 11) is 0. The fraction of sp³-hybridized carbons (Fsp3) is 0.281. The maximum absolute atomic E-state index is 12.9. The van der Waals surface area contributed by atoms with Crippen molar-refractivity contribution >= 4 is 74.7 Å². The summed E-state index contributed by atoms with van der Waals surface area (Å²) >= 11 is 13.1. The van der Waals surface area contributed by atoms with Gasteiger partial charge in [-0.3, -0.25) is 5.32 Å². The number of carbonyl (C=O) groups is 2. The number of fused-ring (bicyclic) bond motifs is 2. The highest BCUT2D eigenvalue weighted by atomic mass is 35.5. The predicted octanol–water partition coefficient (Wildman–Crippen LogP) is 8.17. The molecule has 234 valence electrons. The molecule has 0 saturated carbocycles. The minimum Gasteiger partial charge on any atom is -0.444 e. The summed E-state index contributed by atoms with van der Waals surface area (Å²) in [5.41, 5.74) is 2.83. The molecule has 0 atom stereocenters. The number of carbonyl (C=O) groups excluding carboxylic acids is 2. The van der Waals surface area contributed by atoms with E-state index in [9.17, 15) is 9.59 Å². The summed E-state index contributed by atoms with van der Waals surface area (Å²) in [6, 6.07) is 14.2. The Labute approximate surface area is 270 Å². The van der Waals surface area contributed by atoms with Crippen molar-refractivity contribution in [1.82, 2.24) is 30.6 Å². The van der Waals surface area contributed by atoms with Gasteiger partial charge in [0.05, 0.1) is 16.6 Å². The van der Waals surface area contributed by atoms with E-state index in [0.717, 1.165) is 22.3 Å². The number of nitrogens with one attached hydrogen (secondary N) is 5. The summed E-state index contributed by atoms with van der Waals surface area (Å²) in [6.45, 7) is 11.4. The molecule has 11 nitrogen and oxygen atoms in total. The van der Waals surface area contributed by atoms with Gasteiger partial charge in [0.1, 0.15) is 11.4 Å². The SMILES string of the molecule is CC(C)(C)NC(=O)Nc1nc2nc(Nc3ccc4[nH]c(CNC(=O)OC(C)(C)C)cc4c3)ncc2cc1-c1c(Cl)cccc1Cl. The molecular formula is C32H34Cl2N8O3. The van der Waals surface area contributed by atoms with Crippen LogP contribution in [0.15, 0.2) is 54.7 Å². The Hall–Kier alpha value is -4.61. The monoisotopic (exact) mass is 648 g/mol. The standard InChI is InChI=1S/C32H34Cl2N8O3/c1-31(2,3)42-29(43)41-27-21(25-22(33)8-7-9-23(25)34)14-18-15-35-28(40-26(18)39-27)38-19-10-11-24-17(12-19)13-20(37-24)16-36-30(44)45-32(4,5)6/h7-15,37H,16H2,1-6H3,(H,36,44)(H3,35,38,39,40,41,42,43). The Morgan fingerprint density at radius 3 is 2.36 bits per heavy atom. The Morgan fingerprint density at radius 2 is 1.67 bits per heavy atom. The largest absolute Gasteiger partial charge is 0.444 e. The van der Waals surface area contributed by atoms with Gasteiger partial charge in [-0.05, 0) is 84.0 Å². The topological polar surface area (TPSA) is 146 Å². The third kappa shape index (κ3) is 8.11. The van der Waals surface area contributed by atoms with Crippen molar-refractivity contribution in [3.05, 3.63) is 70.5 Å². The second kappa shape index (κ2) is 12.4. The van der Waals surface area contributed by atoms with Gasteiger partial charge in [-0.25, -0.2) is 19.6 Å². The number of amides is 3. The van der Waals surface area contributed by atoms with Gasteiger partial charge in [0.2, 0.25) is 5.95 Å². The lowest BCUT2D eigenvalue weighted by Crippen LogP contribution is -2.43. The third-order valence-electron chi connectivity index (χ3n) is 6.28. The Kier molecular flexibility index (Phi) is 8.77. The summed E-state index contributed by atoms with van der Waals surface area (Å²) in [6.07, 6.45) is 1.15. The van der Waals surface area contributed by atoms with E-state index in [4.69, 9.17) is 27.9 Å². The average Bonchev–Trinajstić information content (AvgIpc) is 3.32. The first-order chi connectivity index (χ1) is 21.1. The lowest BCUT2D eigenvalue weighted by atomic mass is 10.0. The van der Waals surface area contributed by atoms with Crippen LogP contribution in [0, 0.1) is 0 Å². The van der Waals surface area contributed by atoms with Crippen molar-refractivity contribution in [1.29, 1.82) is 0 Å². The fourth-order valence-electron chi connectivity index (χ4n) is 4.52. The lowest BCUT2D eigenvalue weighted by molar-refractivity contribution is 0.0523. The van der Waals surface area contributed by atoms with Crippen LogP contribution in [0.25, 0.3) is 33.1 Å². The van der Waals surface area contributed by atoms with Gasteiger partial charge in [0.25, 0.3) is 0 Å². The molecule has 5 aromatic rings. The smallest absolute Gasteiger partial charge is 0.407 e. The Bertz CT molecular complexity index is 1890. The van der Waals surface area contributed by atoms with Gasteiger partial charge < -0.3 is 25.7 Å². The first-order valence-electron chi connectivity index (χ1n) is 14.2. The van der Waals surface area contributed by atoms with Gasteiger partial charge in [-0.2, -0.15) is 4.98 Å². The Morgan fingerprint density at radius 1 is 0.933 bits per heavy atom. The number of hydrogen-bond donors (Lipinski definition) is 5. The molecule has 45 heavy (non-hydrogen) atoms.